The number of hydrogen-bond donors (Lipinski definition) is 3. The molecule has 3 aliphatic rings. The Bertz CT molecular complexity index is 731. The Balaban J connectivity index is 1.50. The lowest BCUT2D eigenvalue weighted by Gasteiger charge is -2.23. The Kier molecular flexibility index (Phi) is 4.52. The van der Waals surface area contributed by atoms with Crippen LogP contribution in [0.1, 0.15) is 32.1 Å². The Morgan fingerprint density at radius 3 is 2.76 bits per heavy atom. The number of rotatable bonds is 3. The number of amidine groups is 1. The molecule has 2 aliphatic heterocycles. The standard InChI is InChI=1S/C19H23N5O/c25-19(22-15-9-5-2-6-10-15)16-13-20-24-12-11-17(23-18(16)24)21-14-7-3-1-4-8-14/h1,3-4,7-8,11-12,15,20H,2,5-6,9-10,13H2,(H,21,23)(H,22,25). The van der Waals surface area contributed by atoms with Crippen molar-refractivity contribution in [3.63, 3.8) is 0 Å². The number of carbonyl (C=O) groups excluding carboxylic acids is 1. The molecule has 3 N–H and O–H groups in total. The molecular formula is C19H23N5O. The molecule has 4 rings (SSSR count). The lowest BCUT2D eigenvalue weighted by Crippen LogP contribution is -2.37. The highest BCUT2D eigenvalue weighted by Gasteiger charge is 2.29. The minimum atomic E-state index is -0.00462. The maximum Gasteiger partial charge on any atom is 0.252 e. The first-order valence-electron chi connectivity index (χ1n) is 8.95. The van der Waals surface area contributed by atoms with Crippen LogP contribution in [0.15, 0.2) is 59.0 Å². The van der Waals surface area contributed by atoms with Crippen LogP contribution in [0.4, 0.5) is 5.69 Å². The molecule has 1 fully saturated rings. The van der Waals surface area contributed by atoms with E-state index >= 15 is 0 Å². The van der Waals surface area contributed by atoms with Crippen molar-refractivity contribution < 1.29 is 4.79 Å². The summed E-state index contributed by atoms with van der Waals surface area (Å²) in [6.07, 6.45) is 9.63. The number of fused-ring (bicyclic) bond motifs is 1. The van der Waals surface area contributed by atoms with Gasteiger partial charge in [0.05, 0.1) is 5.57 Å². The summed E-state index contributed by atoms with van der Waals surface area (Å²) in [6, 6.07) is 10.2. The van der Waals surface area contributed by atoms with Gasteiger partial charge < -0.3 is 10.6 Å². The number of benzene rings is 1. The highest BCUT2D eigenvalue weighted by atomic mass is 16.2. The topological polar surface area (TPSA) is 68.8 Å². The predicted octanol–water partition coefficient (Wildman–Crippen LogP) is 2.50. The van der Waals surface area contributed by atoms with Gasteiger partial charge in [0, 0.05) is 24.5 Å². The average Bonchev–Trinajstić information content (AvgIpc) is 3.07. The number of amides is 1. The van der Waals surface area contributed by atoms with Crippen LogP contribution in [0.5, 0.6) is 0 Å². The van der Waals surface area contributed by atoms with Gasteiger partial charge in [0.2, 0.25) is 0 Å². The highest BCUT2D eigenvalue weighted by Crippen LogP contribution is 2.23. The summed E-state index contributed by atoms with van der Waals surface area (Å²) < 4.78 is 0. The summed E-state index contributed by atoms with van der Waals surface area (Å²) in [5, 5.41) is 8.27. The van der Waals surface area contributed by atoms with E-state index in [1.165, 1.54) is 19.3 Å². The Morgan fingerprint density at radius 2 is 1.96 bits per heavy atom. The fourth-order valence-electron chi connectivity index (χ4n) is 3.44. The molecule has 0 radical (unpaired) electrons. The van der Waals surface area contributed by atoms with Gasteiger partial charge in [-0.1, -0.05) is 37.5 Å². The van der Waals surface area contributed by atoms with Crippen molar-refractivity contribution in [1.29, 1.82) is 0 Å². The molecule has 0 saturated heterocycles. The Hall–Kier alpha value is -2.60. The monoisotopic (exact) mass is 337 g/mol. The first-order valence-corrected chi connectivity index (χ1v) is 8.95. The van der Waals surface area contributed by atoms with E-state index < -0.39 is 0 Å². The number of carbonyl (C=O) groups is 1. The van der Waals surface area contributed by atoms with Crippen molar-refractivity contribution in [1.82, 2.24) is 15.8 Å². The van der Waals surface area contributed by atoms with Crippen LogP contribution in [0, 0.1) is 0 Å². The molecule has 0 aromatic heterocycles. The van der Waals surface area contributed by atoms with E-state index in [9.17, 15) is 4.79 Å². The normalized spacial score (nSPS) is 20.3. The zero-order valence-electron chi connectivity index (χ0n) is 14.2. The Labute approximate surface area is 147 Å². The van der Waals surface area contributed by atoms with Gasteiger partial charge in [-0.15, -0.1) is 0 Å². The summed E-state index contributed by atoms with van der Waals surface area (Å²) in [6.45, 7) is 0.500. The van der Waals surface area contributed by atoms with Crippen LogP contribution in [-0.2, 0) is 4.79 Å². The molecule has 1 aromatic carbocycles. The fraction of sp³-hybridized carbons (Fsp3) is 0.368. The van der Waals surface area contributed by atoms with Gasteiger partial charge >= 0.3 is 0 Å². The van der Waals surface area contributed by atoms with E-state index in [0.29, 0.717) is 24.0 Å². The van der Waals surface area contributed by atoms with Gasteiger partial charge in [-0.3, -0.25) is 9.80 Å². The van der Waals surface area contributed by atoms with Gasteiger partial charge in [0.25, 0.3) is 5.91 Å². The molecule has 6 heteroatoms. The van der Waals surface area contributed by atoms with Crippen LogP contribution < -0.4 is 16.1 Å². The third-order valence-corrected chi connectivity index (χ3v) is 4.79. The van der Waals surface area contributed by atoms with E-state index in [2.05, 4.69) is 21.1 Å². The zero-order chi connectivity index (χ0) is 17.1. The largest absolute Gasteiger partial charge is 0.349 e. The van der Waals surface area contributed by atoms with Crippen molar-refractivity contribution in [3.8, 4) is 0 Å². The van der Waals surface area contributed by atoms with Crippen molar-refractivity contribution in [3.05, 3.63) is 54.0 Å². The molecule has 25 heavy (non-hydrogen) atoms. The average molecular weight is 337 g/mol. The smallest absolute Gasteiger partial charge is 0.252 e. The molecule has 1 aromatic rings. The minimum Gasteiger partial charge on any atom is -0.349 e. The van der Waals surface area contributed by atoms with Crippen LogP contribution in [0.2, 0.25) is 0 Å². The molecule has 0 bridgehead atoms. The van der Waals surface area contributed by atoms with Crippen LogP contribution in [0.3, 0.4) is 0 Å². The maximum atomic E-state index is 12.7. The van der Waals surface area contributed by atoms with E-state index in [0.717, 1.165) is 24.4 Å². The lowest BCUT2D eigenvalue weighted by molar-refractivity contribution is -0.118. The molecule has 1 amide bonds. The summed E-state index contributed by atoms with van der Waals surface area (Å²) in [7, 11) is 0. The molecule has 1 saturated carbocycles. The summed E-state index contributed by atoms with van der Waals surface area (Å²) in [5.74, 6) is 1.40. The van der Waals surface area contributed by atoms with Crippen LogP contribution >= 0.6 is 0 Å². The van der Waals surface area contributed by atoms with Crippen molar-refractivity contribution in [2.75, 3.05) is 11.9 Å². The maximum absolute atomic E-state index is 12.7. The number of para-hydroxylation sites is 1. The summed E-state index contributed by atoms with van der Waals surface area (Å²) in [5.41, 5.74) is 4.86. The highest BCUT2D eigenvalue weighted by molar-refractivity contribution is 6.05. The van der Waals surface area contributed by atoms with Crippen LogP contribution in [-0.4, -0.2) is 29.3 Å². The quantitative estimate of drug-likeness (QED) is 0.793. The Morgan fingerprint density at radius 1 is 1.16 bits per heavy atom. The molecule has 0 spiro atoms. The number of hydrogen-bond acceptors (Lipinski definition) is 5. The summed E-state index contributed by atoms with van der Waals surface area (Å²) >= 11 is 0. The van der Waals surface area contributed by atoms with Crippen molar-refractivity contribution in [2.45, 2.75) is 38.1 Å². The molecule has 0 atom stereocenters. The molecule has 1 aliphatic carbocycles. The van der Waals surface area contributed by atoms with Crippen LogP contribution in [0.25, 0.3) is 0 Å². The molecule has 2 heterocycles. The number of anilines is 1. The van der Waals surface area contributed by atoms with Crippen molar-refractivity contribution in [2.24, 2.45) is 4.99 Å². The predicted molar refractivity (Wildman–Crippen MR) is 98.5 cm³/mol. The SMILES string of the molecule is O=C(NC1CCCCC1)C1=C2N=C(Nc3ccccc3)C=CN2NC1. The van der Waals surface area contributed by atoms with E-state index in [1.54, 1.807) is 0 Å². The van der Waals surface area contributed by atoms with E-state index in [-0.39, 0.29) is 5.91 Å². The van der Waals surface area contributed by atoms with Gasteiger partial charge in [0.15, 0.2) is 5.82 Å². The molecule has 6 nitrogen and oxygen atoms in total. The summed E-state index contributed by atoms with van der Waals surface area (Å²) in [4.78, 5) is 17.3. The number of nitrogens with one attached hydrogen (secondary N) is 3. The zero-order valence-corrected chi connectivity index (χ0v) is 14.2. The third kappa shape index (κ3) is 3.58. The molecule has 130 valence electrons. The second-order valence-electron chi connectivity index (χ2n) is 6.62. The second-order valence-corrected chi connectivity index (χ2v) is 6.62. The number of aliphatic imine (C=N–C) groups is 1. The molecule has 0 unspecified atom stereocenters. The van der Waals surface area contributed by atoms with Gasteiger partial charge in [-0.25, -0.2) is 10.4 Å². The lowest BCUT2D eigenvalue weighted by atomic mass is 9.95. The fourth-order valence-corrected chi connectivity index (χ4v) is 3.44. The second kappa shape index (κ2) is 7.11. The van der Waals surface area contributed by atoms with Crippen molar-refractivity contribution >= 4 is 17.4 Å². The van der Waals surface area contributed by atoms with Gasteiger partial charge in [-0.2, -0.15) is 0 Å². The number of hydrazine groups is 1. The van der Waals surface area contributed by atoms with E-state index in [4.69, 9.17) is 0 Å². The van der Waals surface area contributed by atoms with E-state index in [1.807, 2.05) is 47.6 Å². The van der Waals surface area contributed by atoms with Gasteiger partial charge in [-0.05, 0) is 31.1 Å². The first kappa shape index (κ1) is 15.9. The molecular weight excluding hydrogens is 314 g/mol. The first-order chi connectivity index (χ1) is 12.3. The van der Waals surface area contributed by atoms with Gasteiger partial charge in [0.1, 0.15) is 5.84 Å². The third-order valence-electron chi connectivity index (χ3n) is 4.79. The number of nitrogens with zero attached hydrogens (tertiary/aromatic N) is 2. The minimum absolute atomic E-state index is 0.00462.